The molecule has 0 saturated carbocycles. The van der Waals surface area contributed by atoms with E-state index in [9.17, 15) is 9.90 Å². The number of nitrogens with zero attached hydrogens (tertiary/aromatic N) is 2. The monoisotopic (exact) mass is 400 g/mol. The normalized spacial score (nSPS) is 11.5. The van der Waals surface area contributed by atoms with Crippen molar-refractivity contribution >= 4 is 28.5 Å². The number of hydrogen-bond acceptors (Lipinski definition) is 3. The Morgan fingerprint density at radius 1 is 1.21 bits per heavy atom. The van der Waals surface area contributed by atoms with E-state index in [0.29, 0.717) is 29.3 Å². The molecule has 0 aliphatic carbocycles. The summed E-state index contributed by atoms with van der Waals surface area (Å²) < 4.78 is 7.76. The Bertz CT molecular complexity index is 1010. The van der Waals surface area contributed by atoms with E-state index in [-0.39, 0.29) is 5.56 Å². The van der Waals surface area contributed by atoms with Crippen LogP contribution in [0.25, 0.3) is 22.0 Å². The van der Waals surface area contributed by atoms with Crippen LogP contribution in [-0.2, 0) is 6.54 Å². The lowest BCUT2D eigenvalue weighted by atomic mass is 10.1. The second kappa shape index (κ2) is 8.23. The molecule has 0 amide bonds. The summed E-state index contributed by atoms with van der Waals surface area (Å²) in [5, 5.41) is 10.8. The van der Waals surface area contributed by atoms with Gasteiger partial charge in [-0.25, -0.2) is 9.78 Å². The molecule has 1 aromatic carbocycles. The Labute approximate surface area is 169 Å². The van der Waals surface area contributed by atoms with Gasteiger partial charge in [-0.15, -0.1) is 0 Å². The van der Waals surface area contributed by atoms with E-state index in [1.54, 1.807) is 18.3 Å². The average molecular weight is 401 g/mol. The highest BCUT2D eigenvalue weighted by molar-refractivity contribution is 6.32. The molecule has 0 spiro atoms. The number of carboxylic acids is 1. The number of halogens is 1. The molecule has 0 unspecified atom stereocenters. The zero-order valence-corrected chi connectivity index (χ0v) is 17.3. The Kier molecular flexibility index (Phi) is 5.94. The fraction of sp³-hybridized carbons (Fsp3) is 0.364. The molecule has 0 bridgehead atoms. The van der Waals surface area contributed by atoms with Crippen molar-refractivity contribution in [2.75, 3.05) is 6.61 Å². The zero-order valence-electron chi connectivity index (χ0n) is 16.6. The van der Waals surface area contributed by atoms with Crippen molar-refractivity contribution in [3.8, 4) is 17.0 Å². The number of benzene rings is 1. The topological polar surface area (TPSA) is 64.4 Å². The number of aromatic carboxylic acids is 1. The quantitative estimate of drug-likeness (QED) is 0.548. The van der Waals surface area contributed by atoms with Gasteiger partial charge in [-0.2, -0.15) is 0 Å². The van der Waals surface area contributed by atoms with Gasteiger partial charge in [-0.3, -0.25) is 0 Å². The first-order valence-electron chi connectivity index (χ1n) is 9.41. The lowest BCUT2D eigenvalue weighted by Gasteiger charge is -2.10. The first kappa shape index (κ1) is 20.2. The predicted molar refractivity (Wildman–Crippen MR) is 112 cm³/mol. The highest BCUT2D eigenvalue weighted by atomic mass is 35.5. The van der Waals surface area contributed by atoms with E-state index >= 15 is 0 Å². The number of ether oxygens (including phenoxy) is 1. The molecule has 6 heteroatoms. The molecule has 2 heterocycles. The van der Waals surface area contributed by atoms with Gasteiger partial charge < -0.3 is 14.4 Å². The molecule has 0 fully saturated rings. The van der Waals surface area contributed by atoms with Crippen molar-refractivity contribution in [2.45, 2.75) is 34.2 Å². The van der Waals surface area contributed by atoms with Gasteiger partial charge >= 0.3 is 5.97 Å². The summed E-state index contributed by atoms with van der Waals surface area (Å²) in [6.07, 6.45) is 3.79. The molecule has 2 aromatic heterocycles. The van der Waals surface area contributed by atoms with Crippen molar-refractivity contribution < 1.29 is 14.6 Å². The molecule has 148 valence electrons. The maximum atomic E-state index is 11.4. The van der Waals surface area contributed by atoms with Crippen LogP contribution in [0.2, 0.25) is 5.02 Å². The highest BCUT2D eigenvalue weighted by Crippen LogP contribution is 2.35. The van der Waals surface area contributed by atoms with Crippen LogP contribution in [0.4, 0.5) is 0 Å². The second-order valence-electron chi connectivity index (χ2n) is 7.84. The van der Waals surface area contributed by atoms with Crippen LogP contribution in [0, 0.1) is 11.8 Å². The van der Waals surface area contributed by atoms with Crippen molar-refractivity contribution in [1.82, 2.24) is 9.55 Å². The van der Waals surface area contributed by atoms with E-state index < -0.39 is 5.97 Å². The Hall–Kier alpha value is -2.53. The molecule has 0 aliphatic heterocycles. The third-order valence-corrected chi connectivity index (χ3v) is 4.63. The minimum atomic E-state index is -0.933. The number of fused-ring (bicyclic) bond motifs is 1. The molecule has 0 atom stereocenters. The summed E-state index contributed by atoms with van der Waals surface area (Å²) >= 11 is 6.40. The molecule has 5 nitrogen and oxygen atoms in total. The van der Waals surface area contributed by atoms with Crippen LogP contribution in [0.5, 0.6) is 5.88 Å². The molecular weight excluding hydrogens is 376 g/mol. The first-order chi connectivity index (χ1) is 13.3. The summed E-state index contributed by atoms with van der Waals surface area (Å²) in [7, 11) is 0. The zero-order chi connectivity index (χ0) is 20.4. The second-order valence-corrected chi connectivity index (χ2v) is 8.25. The maximum absolute atomic E-state index is 11.4. The van der Waals surface area contributed by atoms with Gasteiger partial charge in [-0.05, 0) is 30.0 Å². The van der Waals surface area contributed by atoms with E-state index in [1.165, 1.54) is 0 Å². The summed E-state index contributed by atoms with van der Waals surface area (Å²) in [5.74, 6) is 0.302. The average Bonchev–Trinajstić information content (AvgIpc) is 2.97. The van der Waals surface area contributed by atoms with Crippen molar-refractivity contribution in [1.29, 1.82) is 0 Å². The third kappa shape index (κ3) is 4.30. The fourth-order valence-corrected chi connectivity index (χ4v) is 3.34. The molecule has 3 rings (SSSR count). The Morgan fingerprint density at radius 3 is 2.57 bits per heavy atom. The standard InChI is InChI=1S/C22H25ClN2O3/c1-13(2)10-25-11-18(17-6-5-15(22(26)27)8-20(17)25)16-7-19(23)21(24-9-16)28-12-14(3)4/h5-9,11,13-14H,10,12H2,1-4H3,(H,26,27). The van der Waals surface area contributed by atoms with Gasteiger partial charge in [0.15, 0.2) is 0 Å². The molecule has 0 radical (unpaired) electrons. The molecular formula is C22H25ClN2O3. The van der Waals surface area contributed by atoms with Gasteiger partial charge in [0.1, 0.15) is 5.02 Å². The summed E-state index contributed by atoms with van der Waals surface area (Å²) in [6.45, 7) is 9.74. The largest absolute Gasteiger partial charge is 0.478 e. The number of carboxylic acid groups (broad SMARTS) is 1. The lowest BCUT2D eigenvalue weighted by Crippen LogP contribution is -2.06. The van der Waals surface area contributed by atoms with E-state index in [4.69, 9.17) is 16.3 Å². The number of rotatable bonds is 7. The third-order valence-electron chi connectivity index (χ3n) is 4.36. The maximum Gasteiger partial charge on any atom is 0.335 e. The van der Waals surface area contributed by atoms with Crippen molar-refractivity contribution in [2.24, 2.45) is 11.8 Å². The molecule has 0 saturated heterocycles. The fourth-order valence-electron chi connectivity index (χ4n) is 3.12. The number of hydrogen-bond donors (Lipinski definition) is 1. The molecule has 1 N–H and O–H groups in total. The molecule has 0 aliphatic rings. The van der Waals surface area contributed by atoms with Crippen LogP contribution < -0.4 is 4.74 Å². The van der Waals surface area contributed by atoms with Gasteiger partial charge in [0.05, 0.1) is 12.2 Å². The van der Waals surface area contributed by atoms with Crippen molar-refractivity contribution in [3.63, 3.8) is 0 Å². The number of carbonyl (C=O) groups is 1. The summed E-state index contributed by atoms with van der Waals surface area (Å²) in [5.41, 5.74) is 3.01. The minimum Gasteiger partial charge on any atom is -0.478 e. The van der Waals surface area contributed by atoms with E-state index in [0.717, 1.165) is 28.6 Å². The first-order valence-corrected chi connectivity index (χ1v) is 9.79. The SMILES string of the molecule is CC(C)COc1ncc(-c2cn(CC(C)C)c3cc(C(=O)O)ccc23)cc1Cl. The number of pyridine rings is 1. The van der Waals surface area contributed by atoms with Crippen molar-refractivity contribution in [3.05, 3.63) is 47.2 Å². The van der Waals surface area contributed by atoms with Crippen LogP contribution in [0.3, 0.4) is 0 Å². The van der Waals surface area contributed by atoms with Gasteiger partial charge in [0.25, 0.3) is 0 Å². The predicted octanol–water partition coefficient (Wildman–Crippen LogP) is 5.75. The summed E-state index contributed by atoms with van der Waals surface area (Å²) in [4.78, 5) is 15.8. The van der Waals surface area contributed by atoms with Gasteiger partial charge in [0.2, 0.25) is 5.88 Å². The number of aromatic nitrogens is 2. The highest BCUT2D eigenvalue weighted by Gasteiger charge is 2.16. The Morgan fingerprint density at radius 2 is 1.96 bits per heavy atom. The van der Waals surface area contributed by atoms with Crippen LogP contribution >= 0.6 is 11.6 Å². The van der Waals surface area contributed by atoms with Gasteiger partial charge in [-0.1, -0.05) is 45.4 Å². The Balaban J connectivity index is 2.07. The van der Waals surface area contributed by atoms with E-state index in [2.05, 4.69) is 37.2 Å². The lowest BCUT2D eigenvalue weighted by molar-refractivity contribution is 0.0697. The molecule has 3 aromatic rings. The summed E-state index contributed by atoms with van der Waals surface area (Å²) in [6, 6.07) is 7.05. The van der Waals surface area contributed by atoms with Crippen LogP contribution in [0.15, 0.2) is 36.7 Å². The van der Waals surface area contributed by atoms with E-state index in [1.807, 2.05) is 18.3 Å². The minimum absolute atomic E-state index is 0.274. The van der Waals surface area contributed by atoms with Crippen LogP contribution in [-0.4, -0.2) is 27.2 Å². The van der Waals surface area contributed by atoms with Crippen LogP contribution in [0.1, 0.15) is 38.1 Å². The smallest absolute Gasteiger partial charge is 0.335 e. The van der Waals surface area contributed by atoms with Gasteiger partial charge in [0, 0.05) is 41.0 Å². The molecule has 28 heavy (non-hydrogen) atoms.